The summed E-state index contributed by atoms with van der Waals surface area (Å²) in [5, 5.41) is 11.9. The number of hydrogen-bond donors (Lipinski definition) is 4. The van der Waals surface area contributed by atoms with Crippen LogP contribution in [-0.4, -0.2) is 97.9 Å². The minimum atomic E-state index is -0.273. The maximum atomic E-state index is 12.6. The van der Waals surface area contributed by atoms with Crippen LogP contribution < -0.4 is 26.2 Å². The summed E-state index contributed by atoms with van der Waals surface area (Å²) in [6.07, 6.45) is 4.70. The molecule has 0 aliphatic carbocycles. The van der Waals surface area contributed by atoms with Crippen molar-refractivity contribution >= 4 is 58.2 Å². The second-order valence-electron chi connectivity index (χ2n) is 10.1. The fourth-order valence-electron chi connectivity index (χ4n) is 4.37. The van der Waals surface area contributed by atoms with Crippen LogP contribution in [0.3, 0.4) is 0 Å². The number of carbonyl (C=O) groups excluding carboxylic acids is 3. The van der Waals surface area contributed by atoms with Gasteiger partial charge in [0.2, 0.25) is 17.8 Å². The van der Waals surface area contributed by atoms with E-state index in [2.05, 4.69) is 36.1 Å². The number of rotatable bonds is 11. The molecule has 4 rings (SSSR count). The highest BCUT2D eigenvalue weighted by atomic mass is 35.5. The van der Waals surface area contributed by atoms with Gasteiger partial charge in [0.25, 0.3) is 5.91 Å². The van der Waals surface area contributed by atoms with E-state index in [1.165, 1.54) is 12.3 Å². The number of anilines is 5. The second-order valence-corrected chi connectivity index (χ2v) is 10.5. The molecule has 3 aromatic rings. The molecule has 1 aliphatic heterocycles. The molecule has 0 saturated carbocycles. The Hall–Kier alpha value is -4.68. The van der Waals surface area contributed by atoms with E-state index >= 15 is 0 Å². The van der Waals surface area contributed by atoms with Crippen LogP contribution in [0.1, 0.15) is 10.4 Å². The lowest BCUT2D eigenvalue weighted by molar-refractivity contribution is -0.132. The highest BCUT2D eigenvalue weighted by Crippen LogP contribution is 2.27. The van der Waals surface area contributed by atoms with Crippen LogP contribution in [0.5, 0.6) is 0 Å². The van der Waals surface area contributed by atoms with Crippen LogP contribution in [0.2, 0.25) is 5.02 Å². The van der Waals surface area contributed by atoms with Gasteiger partial charge in [-0.2, -0.15) is 4.98 Å². The number of amides is 3. The monoisotopic (exact) mass is 605 g/mol. The molecule has 3 amide bonds. The second kappa shape index (κ2) is 15.0. The van der Waals surface area contributed by atoms with Gasteiger partial charge in [-0.05, 0) is 50.5 Å². The third kappa shape index (κ3) is 8.90. The van der Waals surface area contributed by atoms with Gasteiger partial charge in [0.1, 0.15) is 5.02 Å². The number of hydrogen-bond acceptors (Lipinski definition) is 9. The normalized spacial score (nSPS) is 13.2. The Morgan fingerprint density at radius 2 is 1.72 bits per heavy atom. The van der Waals surface area contributed by atoms with Crippen molar-refractivity contribution in [1.82, 2.24) is 30.4 Å². The van der Waals surface area contributed by atoms with Gasteiger partial charge in [0.05, 0.1) is 24.0 Å². The molecule has 0 radical (unpaired) electrons. The molecule has 1 saturated heterocycles. The van der Waals surface area contributed by atoms with Crippen molar-refractivity contribution in [2.24, 2.45) is 0 Å². The smallest absolute Gasteiger partial charge is 0.253 e. The molecule has 12 nitrogen and oxygen atoms in total. The summed E-state index contributed by atoms with van der Waals surface area (Å²) in [5.41, 5.74) is 2.84. The number of nitrogens with zero attached hydrogens (tertiary/aromatic N) is 5. The van der Waals surface area contributed by atoms with Gasteiger partial charge in [0, 0.05) is 57.2 Å². The zero-order valence-electron chi connectivity index (χ0n) is 24.4. The lowest BCUT2D eigenvalue weighted by Gasteiger charge is -2.36. The predicted octanol–water partition coefficient (Wildman–Crippen LogP) is 2.86. The summed E-state index contributed by atoms with van der Waals surface area (Å²) in [6, 6.07) is 14.9. The van der Waals surface area contributed by atoms with Crippen molar-refractivity contribution in [2.45, 2.75) is 0 Å². The fourth-order valence-corrected chi connectivity index (χ4v) is 4.51. The van der Waals surface area contributed by atoms with Crippen LogP contribution in [0.25, 0.3) is 0 Å². The minimum absolute atomic E-state index is 0.0178. The Morgan fingerprint density at radius 3 is 2.42 bits per heavy atom. The number of likely N-dealkylation sites (N-methyl/N-ethyl adjacent to an activating group) is 1. The molecule has 4 N–H and O–H groups in total. The molecule has 2 aromatic carbocycles. The third-order valence-electron chi connectivity index (χ3n) is 6.67. The number of nitrogens with one attached hydrogen (secondary N) is 4. The summed E-state index contributed by atoms with van der Waals surface area (Å²) in [5.74, 6) is 0.102. The number of para-hydroxylation sites is 1. The maximum Gasteiger partial charge on any atom is 0.253 e. The number of carbonyl (C=O) groups is 3. The summed E-state index contributed by atoms with van der Waals surface area (Å²) >= 11 is 6.34. The van der Waals surface area contributed by atoms with E-state index in [0.717, 1.165) is 11.4 Å². The Kier molecular flexibility index (Phi) is 10.9. The van der Waals surface area contributed by atoms with Crippen LogP contribution in [0, 0.1) is 0 Å². The van der Waals surface area contributed by atoms with E-state index in [1.54, 1.807) is 36.2 Å². The van der Waals surface area contributed by atoms with Crippen LogP contribution in [-0.2, 0) is 9.59 Å². The van der Waals surface area contributed by atoms with Crippen molar-refractivity contribution in [3.8, 4) is 0 Å². The lowest BCUT2D eigenvalue weighted by atomic mass is 10.1. The highest BCUT2D eigenvalue weighted by Gasteiger charge is 2.21. The molecule has 1 fully saturated rings. The summed E-state index contributed by atoms with van der Waals surface area (Å²) in [4.78, 5) is 51.4. The van der Waals surface area contributed by atoms with Gasteiger partial charge >= 0.3 is 0 Å². The molecule has 13 heteroatoms. The quantitative estimate of drug-likeness (QED) is 0.243. The van der Waals surface area contributed by atoms with Crippen LogP contribution in [0.15, 0.2) is 66.9 Å². The van der Waals surface area contributed by atoms with Crippen LogP contribution >= 0.6 is 11.6 Å². The lowest BCUT2D eigenvalue weighted by Crippen LogP contribution is -2.51. The fraction of sp³-hybridized carbons (Fsp3) is 0.300. The number of piperazine rings is 1. The van der Waals surface area contributed by atoms with Crippen LogP contribution in [0.4, 0.5) is 28.8 Å². The molecular weight excluding hydrogens is 570 g/mol. The Bertz CT molecular complexity index is 1460. The molecule has 0 atom stereocenters. The molecule has 1 aromatic heterocycles. The van der Waals surface area contributed by atoms with Crippen molar-refractivity contribution in [1.29, 1.82) is 0 Å². The first-order valence-electron chi connectivity index (χ1n) is 13.8. The van der Waals surface area contributed by atoms with Crippen molar-refractivity contribution in [3.05, 3.63) is 77.5 Å². The first-order chi connectivity index (χ1) is 20.7. The average Bonchev–Trinajstić information content (AvgIpc) is 3.01. The Morgan fingerprint density at radius 1 is 1.00 bits per heavy atom. The molecule has 226 valence electrons. The maximum absolute atomic E-state index is 12.6. The Labute approximate surface area is 256 Å². The van der Waals surface area contributed by atoms with Gasteiger partial charge < -0.3 is 36.0 Å². The first-order valence-corrected chi connectivity index (χ1v) is 14.2. The third-order valence-corrected chi connectivity index (χ3v) is 6.95. The summed E-state index contributed by atoms with van der Waals surface area (Å²) in [7, 11) is 5.41. The number of halogens is 1. The van der Waals surface area contributed by atoms with Crippen molar-refractivity contribution in [3.63, 3.8) is 0 Å². The van der Waals surface area contributed by atoms with E-state index in [9.17, 15) is 14.4 Å². The van der Waals surface area contributed by atoms with Gasteiger partial charge in [-0.1, -0.05) is 29.8 Å². The number of benzene rings is 2. The van der Waals surface area contributed by atoms with E-state index in [-0.39, 0.29) is 24.3 Å². The molecule has 1 aliphatic rings. The zero-order valence-corrected chi connectivity index (χ0v) is 25.2. The summed E-state index contributed by atoms with van der Waals surface area (Å²) < 4.78 is 0. The molecular formula is C30H36ClN9O3. The van der Waals surface area contributed by atoms with E-state index in [4.69, 9.17) is 11.6 Å². The van der Waals surface area contributed by atoms with Crippen molar-refractivity contribution in [2.75, 3.05) is 75.9 Å². The average molecular weight is 606 g/mol. The van der Waals surface area contributed by atoms with Crippen molar-refractivity contribution < 1.29 is 14.4 Å². The molecule has 2 heterocycles. The van der Waals surface area contributed by atoms with E-state index in [0.29, 0.717) is 60.8 Å². The minimum Gasteiger partial charge on any atom is -0.368 e. The highest BCUT2D eigenvalue weighted by molar-refractivity contribution is 6.33. The van der Waals surface area contributed by atoms with Gasteiger partial charge in [-0.3, -0.25) is 14.4 Å². The van der Waals surface area contributed by atoms with Gasteiger partial charge in [-0.25, -0.2) is 4.98 Å². The molecule has 43 heavy (non-hydrogen) atoms. The largest absolute Gasteiger partial charge is 0.368 e. The molecule has 0 spiro atoms. The molecule has 0 unspecified atom stereocenters. The SMILES string of the molecule is CNC(=O)c1ccccc1Nc1nc(Nc2ccc(N3CCN(C(=O)CNC(=O)/C=C/CN(C)C)CC3)cc2)ncc1Cl. The topological polar surface area (TPSA) is 135 Å². The Balaban J connectivity index is 1.29. The van der Waals surface area contributed by atoms with Gasteiger partial charge in [-0.15, -0.1) is 0 Å². The first kappa shape index (κ1) is 31.3. The zero-order chi connectivity index (χ0) is 30.8. The standard InChI is InChI=1S/C30H36ClN9O3/c1-32-29(43)23-7-4-5-8-25(23)36-28-24(31)19-34-30(37-28)35-21-10-12-22(13-11-21)39-15-17-40(18-16-39)27(42)20-33-26(41)9-6-14-38(2)3/h4-13,19H,14-18,20H2,1-3H3,(H,32,43)(H,33,41)(H2,34,35,36,37)/b9-6+. The number of aromatic nitrogens is 2. The van der Waals surface area contributed by atoms with Gasteiger partial charge in [0.15, 0.2) is 5.82 Å². The summed E-state index contributed by atoms with van der Waals surface area (Å²) in [6.45, 7) is 3.15. The predicted molar refractivity (Wildman–Crippen MR) is 169 cm³/mol. The van der Waals surface area contributed by atoms with E-state index in [1.807, 2.05) is 49.3 Å². The molecule has 0 bridgehead atoms. The van der Waals surface area contributed by atoms with E-state index < -0.39 is 0 Å².